The van der Waals surface area contributed by atoms with Gasteiger partial charge in [-0.3, -0.25) is 9.78 Å². The van der Waals surface area contributed by atoms with Crippen LogP contribution in [0.4, 0.5) is 4.39 Å². The number of hydrogen-bond acceptors (Lipinski definition) is 4. The first kappa shape index (κ1) is 19.4. The normalized spacial score (nSPS) is 10.4. The summed E-state index contributed by atoms with van der Waals surface area (Å²) in [6.45, 7) is 0.726. The van der Waals surface area contributed by atoms with E-state index < -0.39 is 0 Å². The van der Waals surface area contributed by atoms with Crippen LogP contribution in [0.2, 0.25) is 0 Å². The zero-order chi connectivity index (χ0) is 19.9. The van der Waals surface area contributed by atoms with Gasteiger partial charge in [0, 0.05) is 31.0 Å². The van der Waals surface area contributed by atoms with Gasteiger partial charge in [-0.25, -0.2) is 4.39 Å². The van der Waals surface area contributed by atoms with Crippen LogP contribution in [0, 0.1) is 5.82 Å². The smallest absolute Gasteiger partial charge is 0.254 e. The van der Waals surface area contributed by atoms with Gasteiger partial charge in [0.15, 0.2) is 11.5 Å². The van der Waals surface area contributed by atoms with Crippen molar-refractivity contribution in [1.29, 1.82) is 0 Å². The topological polar surface area (TPSA) is 51.7 Å². The lowest BCUT2D eigenvalue weighted by Crippen LogP contribution is -2.30. The van der Waals surface area contributed by atoms with Crippen LogP contribution in [0.1, 0.15) is 21.5 Å². The molecule has 5 nitrogen and oxygen atoms in total. The molecular formula is C22H21FN2O3. The maximum absolute atomic E-state index is 13.2. The van der Waals surface area contributed by atoms with Gasteiger partial charge in [-0.15, -0.1) is 0 Å². The Hall–Kier alpha value is -3.41. The summed E-state index contributed by atoms with van der Waals surface area (Å²) in [5, 5.41) is 0. The molecule has 1 heterocycles. The van der Waals surface area contributed by atoms with Crippen molar-refractivity contribution in [2.24, 2.45) is 0 Å². The Morgan fingerprint density at radius 1 is 0.964 bits per heavy atom. The Morgan fingerprint density at radius 3 is 2.32 bits per heavy atom. The predicted octanol–water partition coefficient (Wildman–Crippen LogP) is 4.08. The van der Waals surface area contributed by atoms with Crippen LogP contribution in [-0.4, -0.2) is 30.0 Å². The highest BCUT2D eigenvalue weighted by atomic mass is 19.1. The largest absolute Gasteiger partial charge is 0.493 e. The molecule has 0 spiro atoms. The van der Waals surface area contributed by atoms with Gasteiger partial charge in [0.25, 0.3) is 5.91 Å². The molecule has 0 saturated carbocycles. The van der Waals surface area contributed by atoms with E-state index in [2.05, 4.69) is 4.98 Å². The van der Waals surface area contributed by atoms with Gasteiger partial charge in [-0.05, 0) is 53.6 Å². The third-order valence-electron chi connectivity index (χ3n) is 4.30. The zero-order valence-electron chi connectivity index (χ0n) is 15.8. The molecular weight excluding hydrogens is 359 g/mol. The summed E-state index contributed by atoms with van der Waals surface area (Å²) in [7, 11) is 3.14. The number of aromatic nitrogens is 1. The molecule has 3 aromatic rings. The lowest BCUT2D eigenvalue weighted by atomic mass is 10.1. The number of ether oxygens (including phenoxy) is 2. The van der Waals surface area contributed by atoms with Gasteiger partial charge in [-0.1, -0.05) is 12.1 Å². The third-order valence-corrected chi connectivity index (χ3v) is 4.30. The first-order valence-electron chi connectivity index (χ1n) is 8.75. The lowest BCUT2D eigenvalue weighted by molar-refractivity contribution is 0.0729. The molecule has 1 amide bonds. The fourth-order valence-electron chi connectivity index (χ4n) is 2.89. The Bertz CT molecular complexity index is 930. The Labute approximate surface area is 163 Å². The van der Waals surface area contributed by atoms with Crippen LogP contribution in [0.15, 0.2) is 67.0 Å². The van der Waals surface area contributed by atoms with E-state index in [1.54, 1.807) is 37.6 Å². The van der Waals surface area contributed by atoms with Crippen LogP contribution < -0.4 is 9.47 Å². The van der Waals surface area contributed by atoms with Crippen LogP contribution in [-0.2, 0) is 13.1 Å². The standard InChI is InChI=1S/C22H21FN2O3/c1-27-20-10-5-16(12-21(20)28-2)14-25(15-17-4-3-11-24-13-17)22(26)18-6-8-19(23)9-7-18/h3-13H,14-15H2,1-2H3. The van der Waals surface area contributed by atoms with Gasteiger partial charge in [0.05, 0.1) is 14.2 Å². The Balaban J connectivity index is 1.89. The second-order valence-electron chi connectivity index (χ2n) is 6.22. The summed E-state index contributed by atoms with van der Waals surface area (Å²) in [5.41, 5.74) is 2.21. The second kappa shape index (κ2) is 8.99. The molecule has 0 atom stereocenters. The molecule has 3 rings (SSSR count). The number of amides is 1. The summed E-state index contributed by atoms with van der Waals surface area (Å²) >= 11 is 0. The summed E-state index contributed by atoms with van der Waals surface area (Å²) in [5.74, 6) is 0.638. The minimum Gasteiger partial charge on any atom is -0.493 e. The molecule has 0 saturated heterocycles. The number of carbonyl (C=O) groups excluding carboxylic acids is 1. The zero-order valence-corrected chi connectivity index (χ0v) is 15.8. The summed E-state index contributed by atoms with van der Waals surface area (Å²) in [6, 6.07) is 14.8. The maximum atomic E-state index is 13.2. The van der Waals surface area contributed by atoms with Crippen molar-refractivity contribution in [3.63, 3.8) is 0 Å². The number of pyridine rings is 1. The number of benzene rings is 2. The molecule has 0 N–H and O–H groups in total. The average Bonchev–Trinajstić information content (AvgIpc) is 2.74. The van der Waals surface area contributed by atoms with Crippen LogP contribution in [0.5, 0.6) is 11.5 Å². The van der Waals surface area contributed by atoms with E-state index in [9.17, 15) is 9.18 Å². The number of rotatable bonds is 7. The van der Waals surface area contributed by atoms with Crippen molar-refractivity contribution in [3.05, 3.63) is 89.5 Å². The Morgan fingerprint density at radius 2 is 1.68 bits per heavy atom. The minimum absolute atomic E-state index is 0.196. The van der Waals surface area contributed by atoms with Crippen molar-refractivity contribution in [1.82, 2.24) is 9.88 Å². The molecule has 6 heteroatoms. The first-order valence-corrected chi connectivity index (χ1v) is 8.75. The van der Waals surface area contributed by atoms with E-state index in [-0.39, 0.29) is 11.7 Å². The van der Waals surface area contributed by atoms with E-state index in [1.165, 1.54) is 24.3 Å². The quantitative estimate of drug-likeness (QED) is 0.620. The van der Waals surface area contributed by atoms with Crippen molar-refractivity contribution < 1.29 is 18.7 Å². The van der Waals surface area contributed by atoms with E-state index in [0.717, 1.165) is 11.1 Å². The molecule has 144 valence electrons. The summed E-state index contributed by atoms with van der Waals surface area (Å²) in [6.07, 6.45) is 3.41. The fourth-order valence-corrected chi connectivity index (χ4v) is 2.89. The highest BCUT2D eigenvalue weighted by molar-refractivity contribution is 5.94. The monoisotopic (exact) mass is 380 g/mol. The van der Waals surface area contributed by atoms with Crippen LogP contribution in [0.3, 0.4) is 0 Å². The summed E-state index contributed by atoms with van der Waals surface area (Å²) < 4.78 is 23.9. The maximum Gasteiger partial charge on any atom is 0.254 e. The van der Waals surface area contributed by atoms with Gasteiger partial charge in [0.2, 0.25) is 0 Å². The number of methoxy groups -OCH3 is 2. The fraction of sp³-hybridized carbons (Fsp3) is 0.182. The van der Waals surface area contributed by atoms with Crippen molar-refractivity contribution in [3.8, 4) is 11.5 Å². The minimum atomic E-state index is -0.379. The van der Waals surface area contributed by atoms with E-state index in [1.807, 2.05) is 24.3 Å². The van der Waals surface area contributed by atoms with Crippen LogP contribution >= 0.6 is 0 Å². The molecule has 0 unspecified atom stereocenters. The highest BCUT2D eigenvalue weighted by Crippen LogP contribution is 2.28. The van der Waals surface area contributed by atoms with E-state index in [0.29, 0.717) is 30.2 Å². The molecule has 1 aromatic heterocycles. The van der Waals surface area contributed by atoms with Crippen LogP contribution in [0.25, 0.3) is 0 Å². The first-order chi connectivity index (χ1) is 13.6. The third kappa shape index (κ3) is 4.65. The Kier molecular flexibility index (Phi) is 6.22. The molecule has 0 aliphatic heterocycles. The van der Waals surface area contributed by atoms with Gasteiger partial charge < -0.3 is 14.4 Å². The molecule has 0 radical (unpaired) electrons. The SMILES string of the molecule is COc1ccc(CN(Cc2cccnc2)C(=O)c2ccc(F)cc2)cc1OC. The number of hydrogen-bond donors (Lipinski definition) is 0. The average molecular weight is 380 g/mol. The molecule has 0 aliphatic rings. The number of halogens is 1. The number of carbonyl (C=O) groups is 1. The molecule has 0 fully saturated rings. The van der Waals surface area contributed by atoms with Gasteiger partial charge in [0.1, 0.15) is 5.82 Å². The van der Waals surface area contributed by atoms with E-state index in [4.69, 9.17) is 9.47 Å². The number of nitrogens with zero attached hydrogens (tertiary/aromatic N) is 2. The highest BCUT2D eigenvalue weighted by Gasteiger charge is 2.18. The van der Waals surface area contributed by atoms with Crippen molar-refractivity contribution in [2.75, 3.05) is 14.2 Å². The predicted molar refractivity (Wildman–Crippen MR) is 104 cm³/mol. The summed E-state index contributed by atoms with van der Waals surface area (Å²) in [4.78, 5) is 18.9. The van der Waals surface area contributed by atoms with Crippen molar-refractivity contribution >= 4 is 5.91 Å². The molecule has 2 aromatic carbocycles. The molecule has 0 bridgehead atoms. The second-order valence-corrected chi connectivity index (χ2v) is 6.22. The molecule has 28 heavy (non-hydrogen) atoms. The molecule has 0 aliphatic carbocycles. The van der Waals surface area contributed by atoms with E-state index >= 15 is 0 Å². The van der Waals surface area contributed by atoms with Crippen molar-refractivity contribution in [2.45, 2.75) is 13.1 Å². The lowest BCUT2D eigenvalue weighted by Gasteiger charge is -2.23. The van der Waals surface area contributed by atoms with Gasteiger partial charge >= 0.3 is 0 Å². The van der Waals surface area contributed by atoms with Gasteiger partial charge in [-0.2, -0.15) is 0 Å².